The molecule has 0 unspecified atom stereocenters. The van der Waals surface area contributed by atoms with Crippen LogP contribution in [-0.2, 0) is 0 Å². The van der Waals surface area contributed by atoms with E-state index in [1.807, 2.05) is 36.4 Å². The quantitative estimate of drug-likeness (QED) is 0.598. The molecule has 0 radical (unpaired) electrons. The molecule has 0 bridgehead atoms. The van der Waals surface area contributed by atoms with Gasteiger partial charge in [-0.25, -0.2) is 15.0 Å². The van der Waals surface area contributed by atoms with Gasteiger partial charge in [-0.05, 0) is 37.3 Å². The van der Waals surface area contributed by atoms with Gasteiger partial charge >= 0.3 is 0 Å². The van der Waals surface area contributed by atoms with Crippen molar-refractivity contribution in [2.45, 2.75) is 6.92 Å². The first-order valence-corrected chi connectivity index (χ1v) is 7.38. The van der Waals surface area contributed by atoms with Crippen LogP contribution in [-0.4, -0.2) is 19.9 Å². The van der Waals surface area contributed by atoms with Crippen molar-refractivity contribution in [3.05, 3.63) is 66.6 Å². The lowest BCUT2D eigenvalue weighted by molar-refractivity contribution is 1.17. The Bertz CT molecular complexity index is 956. The summed E-state index contributed by atoms with van der Waals surface area (Å²) in [6.07, 6.45) is 3.45. The van der Waals surface area contributed by atoms with Crippen molar-refractivity contribution in [2.75, 3.05) is 5.32 Å². The molecule has 0 aliphatic rings. The number of imidazole rings is 1. The fourth-order valence-electron chi connectivity index (χ4n) is 2.44. The number of fused-ring (bicyclic) bond motifs is 1. The van der Waals surface area contributed by atoms with Crippen LogP contribution in [0.4, 0.5) is 11.6 Å². The maximum atomic E-state index is 4.59. The van der Waals surface area contributed by atoms with Crippen molar-refractivity contribution in [3.63, 3.8) is 0 Å². The predicted octanol–water partition coefficient (Wildman–Crippen LogP) is 4.07. The highest BCUT2D eigenvalue weighted by atomic mass is 15.1. The first-order chi connectivity index (χ1) is 11.3. The van der Waals surface area contributed by atoms with Gasteiger partial charge in [0.15, 0.2) is 0 Å². The zero-order valence-electron chi connectivity index (χ0n) is 12.6. The van der Waals surface area contributed by atoms with Gasteiger partial charge in [0.1, 0.15) is 0 Å². The van der Waals surface area contributed by atoms with Gasteiger partial charge in [0.25, 0.3) is 0 Å². The third-order valence-electron chi connectivity index (χ3n) is 3.68. The summed E-state index contributed by atoms with van der Waals surface area (Å²) in [5.74, 6) is 0.577. The second-order valence-electron chi connectivity index (χ2n) is 5.39. The second-order valence-corrected chi connectivity index (χ2v) is 5.39. The van der Waals surface area contributed by atoms with Crippen LogP contribution in [0.5, 0.6) is 0 Å². The number of aromatic nitrogens is 4. The molecule has 5 heteroatoms. The second kappa shape index (κ2) is 5.53. The van der Waals surface area contributed by atoms with Crippen molar-refractivity contribution >= 4 is 22.7 Å². The van der Waals surface area contributed by atoms with Crippen LogP contribution < -0.4 is 5.32 Å². The van der Waals surface area contributed by atoms with Crippen LogP contribution in [0.25, 0.3) is 22.3 Å². The van der Waals surface area contributed by atoms with Crippen molar-refractivity contribution in [1.29, 1.82) is 0 Å². The van der Waals surface area contributed by atoms with Gasteiger partial charge in [-0.1, -0.05) is 23.8 Å². The number of benzene rings is 2. The molecule has 0 aliphatic carbocycles. The van der Waals surface area contributed by atoms with Crippen LogP contribution in [0, 0.1) is 6.92 Å². The molecule has 0 amide bonds. The summed E-state index contributed by atoms with van der Waals surface area (Å²) in [7, 11) is 0. The number of nitrogens with zero attached hydrogens (tertiary/aromatic N) is 3. The Labute approximate surface area is 133 Å². The molecule has 0 saturated carbocycles. The fourth-order valence-corrected chi connectivity index (χ4v) is 2.44. The van der Waals surface area contributed by atoms with E-state index in [0.29, 0.717) is 5.95 Å². The van der Waals surface area contributed by atoms with Crippen molar-refractivity contribution in [1.82, 2.24) is 19.9 Å². The number of aryl methyl sites for hydroxylation is 1. The Hall–Kier alpha value is -3.21. The minimum atomic E-state index is 0.577. The predicted molar refractivity (Wildman–Crippen MR) is 91.6 cm³/mol. The standard InChI is InChI=1S/C18H15N5/c1-12-2-5-14(6-3-12)22-18-19-9-8-15(23-18)13-4-7-16-17(10-13)21-11-20-16/h2-11H,1H3,(H,20,21)(H,19,22,23). The fraction of sp³-hybridized carbons (Fsp3) is 0.0556. The molecule has 2 aromatic carbocycles. The Balaban J connectivity index is 1.66. The summed E-state index contributed by atoms with van der Waals surface area (Å²) in [6, 6.07) is 16.1. The first-order valence-electron chi connectivity index (χ1n) is 7.38. The van der Waals surface area contributed by atoms with E-state index < -0.39 is 0 Å². The van der Waals surface area contributed by atoms with Gasteiger partial charge < -0.3 is 10.3 Å². The maximum Gasteiger partial charge on any atom is 0.227 e. The number of nitrogens with one attached hydrogen (secondary N) is 2. The topological polar surface area (TPSA) is 66.5 Å². The number of hydrogen-bond acceptors (Lipinski definition) is 4. The highest BCUT2D eigenvalue weighted by Gasteiger charge is 2.05. The van der Waals surface area contributed by atoms with Crippen LogP contribution >= 0.6 is 0 Å². The van der Waals surface area contributed by atoms with Gasteiger partial charge in [-0.3, -0.25) is 0 Å². The third-order valence-corrected chi connectivity index (χ3v) is 3.68. The molecule has 0 spiro atoms. The number of H-pyrrole nitrogens is 1. The van der Waals surface area contributed by atoms with Crippen LogP contribution in [0.3, 0.4) is 0 Å². The number of aromatic amines is 1. The van der Waals surface area contributed by atoms with Gasteiger partial charge in [0.2, 0.25) is 5.95 Å². The molecular weight excluding hydrogens is 286 g/mol. The van der Waals surface area contributed by atoms with Crippen molar-refractivity contribution in [2.24, 2.45) is 0 Å². The molecule has 4 aromatic rings. The summed E-state index contributed by atoms with van der Waals surface area (Å²) in [6.45, 7) is 2.06. The van der Waals surface area contributed by atoms with Crippen LogP contribution in [0.15, 0.2) is 61.1 Å². The summed E-state index contributed by atoms with van der Waals surface area (Å²) in [5, 5.41) is 3.23. The normalized spacial score (nSPS) is 10.8. The molecule has 0 fully saturated rings. The van der Waals surface area contributed by atoms with Crippen molar-refractivity contribution in [3.8, 4) is 11.3 Å². The Morgan fingerprint density at radius 1 is 0.957 bits per heavy atom. The Morgan fingerprint density at radius 3 is 2.70 bits per heavy atom. The Kier molecular flexibility index (Phi) is 3.24. The van der Waals surface area contributed by atoms with E-state index in [0.717, 1.165) is 28.0 Å². The molecule has 0 aliphatic heterocycles. The van der Waals surface area contributed by atoms with Crippen LogP contribution in [0.2, 0.25) is 0 Å². The molecule has 5 nitrogen and oxygen atoms in total. The van der Waals surface area contributed by atoms with E-state index in [2.05, 4.69) is 44.3 Å². The van der Waals surface area contributed by atoms with Gasteiger partial charge in [-0.15, -0.1) is 0 Å². The van der Waals surface area contributed by atoms with E-state index in [-0.39, 0.29) is 0 Å². The largest absolute Gasteiger partial charge is 0.345 e. The average molecular weight is 301 g/mol. The van der Waals surface area contributed by atoms with E-state index in [1.54, 1.807) is 12.5 Å². The Morgan fingerprint density at radius 2 is 1.83 bits per heavy atom. The highest BCUT2D eigenvalue weighted by molar-refractivity contribution is 5.80. The van der Waals surface area contributed by atoms with E-state index in [9.17, 15) is 0 Å². The monoisotopic (exact) mass is 301 g/mol. The average Bonchev–Trinajstić information content (AvgIpc) is 3.05. The molecular formula is C18H15N5. The first kappa shape index (κ1) is 13.5. The van der Waals surface area contributed by atoms with Gasteiger partial charge in [0, 0.05) is 17.4 Å². The number of rotatable bonds is 3. The van der Waals surface area contributed by atoms with Crippen LogP contribution in [0.1, 0.15) is 5.56 Å². The molecule has 4 rings (SSSR count). The third kappa shape index (κ3) is 2.76. The molecule has 23 heavy (non-hydrogen) atoms. The zero-order chi connectivity index (χ0) is 15.6. The molecule has 2 heterocycles. The maximum absolute atomic E-state index is 4.59. The lowest BCUT2D eigenvalue weighted by atomic mass is 10.1. The number of hydrogen-bond donors (Lipinski definition) is 2. The lowest BCUT2D eigenvalue weighted by Gasteiger charge is -2.07. The molecule has 2 aromatic heterocycles. The number of anilines is 2. The summed E-state index contributed by atoms with van der Waals surface area (Å²) < 4.78 is 0. The van der Waals surface area contributed by atoms with E-state index >= 15 is 0 Å². The zero-order valence-corrected chi connectivity index (χ0v) is 12.6. The minimum absolute atomic E-state index is 0.577. The summed E-state index contributed by atoms with van der Waals surface area (Å²) >= 11 is 0. The molecule has 112 valence electrons. The minimum Gasteiger partial charge on any atom is -0.345 e. The summed E-state index contributed by atoms with van der Waals surface area (Å²) in [4.78, 5) is 16.3. The molecule has 0 atom stereocenters. The molecule has 0 saturated heterocycles. The molecule has 2 N–H and O–H groups in total. The SMILES string of the molecule is Cc1ccc(Nc2nccc(-c3ccc4[nH]cnc4c3)n2)cc1. The van der Waals surface area contributed by atoms with Crippen molar-refractivity contribution < 1.29 is 0 Å². The van der Waals surface area contributed by atoms with E-state index in [4.69, 9.17) is 0 Å². The smallest absolute Gasteiger partial charge is 0.227 e. The van der Waals surface area contributed by atoms with E-state index in [1.165, 1.54) is 5.56 Å². The lowest BCUT2D eigenvalue weighted by Crippen LogP contribution is -1.97. The highest BCUT2D eigenvalue weighted by Crippen LogP contribution is 2.22. The van der Waals surface area contributed by atoms with Gasteiger partial charge in [-0.2, -0.15) is 0 Å². The van der Waals surface area contributed by atoms with Gasteiger partial charge in [0.05, 0.1) is 23.1 Å². The summed E-state index contributed by atoms with van der Waals surface area (Å²) in [5.41, 5.74) is 6.00.